The second kappa shape index (κ2) is 8.36. The predicted octanol–water partition coefficient (Wildman–Crippen LogP) is 4.19. The third-order valence-corrected chi connectivity index (χ3v) is 4.82. The third kappa shape index (κ3) is 5.66. The van der Waals surface area contributed by atoms with Crippen LogP contribution in [0.4, 0.5) is 23.2 Å². The molecule has 29 heavy (non-hydrogen) atoms. The highest BCUT2D eigenvalue weighted by atomic mass is 19.4. The zero-order valence-electron chi connectivity index (χ0n) is 15.8. The highest BCUT2D eigenvalue weighted by molar-refractivity contribution is 5.92. The third-order valence-electron chi connectivity index (χ3n) is 4.82. The molecular weight excluding hydrogens is 390 g/mol. The first-order chi connectivity index (χ1) is 13.6. The van der Waals surface area contributed by atoms with Crippen LogP contribution in [0.25, 0.3) is 0 Å². The molecule has 1 aromatic heterocycles. The molecule has 1 aliphatic rings. The number of amides is 1. The van der Waals surface area contributed by atoms with E-state index in [9.17, 15) is 18.0 Å². The Bertz CT molecular complexity index is 848. The average Bonchev–Trinajstić information content (AvgIpc) is 2.64. The number of hydrogen-bond donors (Lipinski definition) is 1. The molecule has 0 unspecified atom stereocenters. The number of piperidine rings is 1. The van der Waals surface area contributed by atoms with Crippen LogP contribution in [0.15, 0.2) is 42.6 Å². The normalized spacial score (nSPS) is 17.0. The summed E-state index contributed by atoms with van der Waals surface area (Å²) >= 11 is 0. The lowest BCUT2D eigenvalue weighted by Gasteiger charge is -2.36. The fourth-order valence-corrected chi connectivity index (χ4v) is 3.40. The number of hydrogen-bond acceptors (Lipinski definition) is 4. The maximum atomic E-state index is 15.3. The van der Waals surface area contributed by atoms with Crippen molar-refractivity contribution >= 4 is 11.6 Å². The summed E-state index contributed by atoms with van der Waals surface area (Å²) in [5.74, 6) is -0.689. The Kier molecular flexibility index (Phi) is 6.07. The first-order valence-corrected chi connectivity index (χ1v) is 9.14. The van der Waals surface area contributed by atoms with Gasteiger partial charge in [0.1, 0.15) is 5.75 Å². The molecule has 0 radical (unpaired) electrons. The van der Waals surface area contributed by atoms with E-state index in [1.165, 1.54) is 12.1 Å². The molecule has 1 fully saturated rings. The van der Waals surface area contributed by atoms with Crippen molar-refractivity contribution in [1.29, 1.82) is 0 Å². The Labute approximate surface area is 165 Å². The summed E-state index contributed by atoms with van der Waals surface area (Å²) in [4.78, 5) is 18.2. The van der Waals surface area contributed by atoms with Crippen molar-refractivity contribution in [1.82, 2.24) is 9.88 Å². The van der Waals surface area contributed by atoms with Gasteiger partial charge in [0.2, 0.25) is 5.91 Å². The number of ether oxygens (including phenoxy) is 1. The highest BCUT2D eigenvalue weighted by Crippen LogP contribution is 2.37. The lowest BCUT2D eigenvalue weighted by Crippen LogP contribution is -2.44. The first kappa shape index (κ1) is 21.0. The van der Waals surface area contributed by atoms with Gasteiger partial charge in [0, 0.05) is 25.0 Å². The second-order valence-electron chi connectivity index (χ2n) is 7.03. The van der Waals surface area contributed by atoms with Crippen molar-refractivity contribution < 1.29 is 27.1 Å². The molecule has 1 aromatic carbocycles. The zero-order chi connectivity index (χ0) is 21.1. The van der Waals surface area contributed by atoms with Crippen LogP contribution in [0.2, 0.25) is 0 Å². The van der Waals surface area contributed by atoms with Gasteiger partial charge in [-0.1, -0.05) is 6.07 Å². The van der Waals surface area contributed by atoms with Crippen LogP contribution in [-0.2, 0) is 10.5 Å². The van der Waals surface area contributed by atoms with E-state index >= 15 is 4.39 Å². The molecular formula is C20H21F4N3O2. The summed E-state index contributed by atoms with van der Waals surface area (Å²) < 4.78 is 55.6. The van der Waals surface area contributed by atoms with Crippen molar-refractivity contribution in [3.63, 3.8) is 0 Å². The van der Waals surface area contributed by atoms with Gasteiger partial charge in [-0.2, -0.15) is 0 Å². The molecule has 1 saturated heterocycles. The van der Waals surface area contributed by atoms with Gasteiger partial charge in [0.15, 0.2) is 5.67 Å². The lowest BCUT2D eigenvalue weighted by atomic mass is 9.87. The van der Waals surface area contributed by atoms with Crippen LogP contribution in [-0.4, -0.2) is 41.8 Å². The minimum absolute atomic E-state index is 0.0675. The zero-order valence-corrected chi connectivity index (χ0v) is 15.8. The average molecular weight is 411 g/mol. The minimum Gasteiger partial charge on any atom is -0.406 e. The quantitative estimate of drug-likeness (QED) is 0.750. The van der Waals surface area contributed by atoms with Gasteiger partial charge in [-0.3, -0.25) is 14.7 Å². The number of aryl methyl sites for hydroxylation is 1. The van der Waals surface area contributed by atoms with E-state index in [1.54, 1.807) is 12.3 Å². The van der Waals surface area contributed by atoms with Crippen molar-refractivity contribution in [3.05, 3.63) is 53.9 Å². The van der Waals surface area contributed by atoms with Gasteiger partial charge in [0.05, 0.1) is 12.2 Å². The molecule has 1 aliphatic heterocycles. The van der Waals surface area contributed by atoms with E-state index < -0.39 is 12.0 Å². The fourth-order valence-electron chi connectivity index (χ4n) is 3.40. The summed E-state index contributed by atoms with van der Waals surface area (Å²) in [5, 5.41) is 2.62. The van der Waals surface area contributed by atoms with Gasteiger partial charge < -0.3 is 10.1 Å². The first-order valence-electron chi connectivity index (χ1n) is 9.14. The molecule has 2 heterocycles. The maximum absolute atomic E-state index is 15.3. The number of benzene rings is 1. The Morgan fingerprint density at radius 3 is 2.45 bits per heavy atom. The van der Waals surface area contributed by atoms with Crippen LogP contribution in [0.3, 0.4) is 0 Å². The number of halogens is 4. The molecule has 0 bridgehead atoms. The van der Waals surface area contributed by atoms with Crippen LogP contribution in [0.5, 0.6) is 5.75 Å². The molecule has 9 heteroatoms. The second-order valence-corrected chi connectivity index (χ2v) is 7.03. The molecule has 1 amide bonds. The summed E-state index contributed by atoms with van der Waals surface area (Å²) in [6.45, 7) is 2.70. The van der Waals surface area contributed by atoms with Crippen LogP contribution in [0, 0.1) is 6.92 Å². The number of carbonyl (C=O) groups is 1. The SMILES string of the molecule is Cc1cccnc1C1(F)CCN(CC(=O)Nc2ccc(OC(F)(F)F)cc2)CC1. The number of alkyl halides is 4. The topological polar surface area (TPSA) is 54.5 Å². The van der Waals surface area contributed by atoms with Crippen molar-refractivity contribution in [2.24, 2.45) is 0 Å². The minimum atomic E-state index is -4.77. The highest BCUT2D eigenvalue weighted by Gasteiger charge is 2.38. The number of pyridine rings is 1. The molecule has 156 valence electrons. The Morgan fingerprint density at radius 1 is 1.21 bits per heavy atom. The molecule has 0 atom stereocenters. The largest absolute Gasteiger partial charge is 0.573 e. The number of anilines is 1. The monoisotopic (exact) mass is 411 g/mol. The number of aromatic nitrogens is 1. The number of likely N-dealkylation sites (tertiary alicyclic amines) is 1. The molecule has 0 saturated carbocycles. The summed E-state index contributed by atoms with van der Waals surface area (Å²) in [7, 11) is 0. The molecule has 1 N–H and O–H groups in total. The van der Waals surface area contributed by atoms with E-state index in [-0.39, 0.29) is 31.0 Å². The van der Waals surface area contributed by atoms with E-state index in [4.69, 9.17) is 0 Å². The van der Waals surface area contributed by atoms with Crippen molar-refractivity contribution in [2.75, 3.05) is 25.0 Å². The van der Waals surface area contributed by atoms with Gasteiger partial charge >= 0.3 is 6.36 Å². The summed E-state index contributed by atoms with van der Waals surface area (Å²) in [6, 6.07) is 8.49. The molecule has 5 nitrogen and oxygen atoms in total. The standard InChI is InChI=1S/C20H21F4N3O2/c1-14-3-2-10-25-18(14)19(21)8-11-27(12-9-19)13-17(28)26-15-4-6-16(7-5-15)29-20(22,23)24/h2-7,10H,8-9,11-13H2,1H3,(H,26,28). The number of rotatable bonds is 5. The summed E-state index contributed by atoms with van der Waals surface area (Å²) in [6.07, 6.45) is -2.71. The van der Waals surface area contributed by atoms with E-state index in [1.807, 2.05) is 17.9 Å². The van der Waals surface area contributed by atoms with Crippen LogP contribution < -0.4 is 10.1 Å². The molecule has 0 spiro atoms. The van der Waals surface area contributed by atoms with Crippen LogP contribution in [0.1, 0.15) is 24.1 Å². The Balaban J connectivity index is 1.50. The smallest absolute Gasteiger partial charge is 0.406 e. The van der Waals surface area contributed by atoms with Gasteiger partial charge in [-0.05, 0) is 55.7 Å². The Hall–Kier alpha value is -2.68. The fraction of sp³-hybridized carbons (Fsp3) is 0.400. The van der Waals surface area contributed by atoms with E-state index in [0.29, 0.717) is 24.5 Å². The predicted molar refractivity (Wildman–Crippen MR) is 99.2 cm³/mol. The number of nitrogens with zero attached hydrogens (tertiary/aromatic N) is 2. The van der Waals surface area contributed by atoms with Crippen molar-refractivity contribution in [3.8, 4) is 5.75 Å². The molecule has 0 aliphatic carbocycles. The van der Waals surface area contributed by atoms with E-state index in [2.05, 4.69) is 15.0 Å². The lowest BCUT2D eigenvalue weighted by molar-refractivity contribution is -0.274. The van der Waals surface area contributed by atoms with Crippen LogP contribution >= 0.6 is 0 Å². The van der Waals surface area contributed by atoms with Crippen molar-refractivity contribution in [2.45, 2.75) is 31.8 Å². The van der Waals surface area contributed by atoms with Gasteiger partial charge in [-0.15, -0.1) is 13.2 Å². The van der Waals surface area contributed by atoms with Gasteiger partial charge in [-0.25, -0.2) is 4.39 Å². The molecule has 3 rings (SSSR count). The Morgan fingerprint density at radius 2 is 1.86 bits per heavy atom. The molecule has 2 aromatic rings. The maximum Gasteiger partial charge on any atom is 0.573 e. The van der Waals surface area contributed by atoms with E-state index in [0.717, 1.165) is 17.7 Å². The number of carbonyl (C=O) groups excluding carboxylic acids is 1. The number of nitrogens with one attached hydrogen (secondary N) is 1. The van der Waals surface area contributed by atoms with Gasteiger partial charge in [0.25, 0.3) is 0 Å². The summed E-state index contributed by atoms with van der Waals surface area (Å²) in [5.41, 5.74) is 0.0991.